The van der Waals surface area contributed by atoms with Crippen molar-refractivity contribution in [3.8, 4) is 0 Å². The van der Waals surface area contributed by atoms with Crippen LogP contribution in [0.25, 0.3) is 0 Å². The largest absolute Gasteiger partial charge is 0.370 e. The van der Waals surface area contributed by atoms with Crippen LogP contribution in [0.1, 0.15) is 13.8 Å². The van der Waals surface area contributed by atoms with Crippen LogP contribution < -0.4 is 11.1 Å². The number of aliphatic imine (C=N–C) groups is 1. The zero-order valence-electron chi connectivity index (χ0n) is 9.76. The van der Waals surface area contributed by atoms with E-state index in [0.29, 0.717) is 11.9 Å². The van der Waals surface area contributed by atoms with Crippen molar-refractivity contribution in [2.75, 3.05) is 13.1 Å². The van der Waals surface area contributed by atoms with E-state index in [1.54, 1.807) is 12.5 Å². The number of hydrogen-bond donors (Lipinski definition) is 2. The Balaban J connectivity index is 0.00000225. The van der Waals surface area contributed by atoms with Gasteiger partial charge in [-0.2, -0.15) is 0 Å². The Kier molecular flexibility index (Phi) is 7.96. The van der Waals surface area contributed by atoms with Crippen molar-refractivity contribution < 1.29 is 0 Å². The molecule has 5 nitrogen and oxygen atoms in total. The predicted molar refractivity (Wildman–Crippen MR) is 77.0 cm³/mol. The van der Waals surface area contributed by atoms with Gasteiger partial charge in [0.1, 0.15) is 0 Å². The van der Waals surface area contributed by atoms with Gasteiger partial charge in [-0.05, 0) is 5.92 Å². The van der Waals surface area contributed by atoms with Gasteiger partial charge < -0.3 is 15.6 Å². The van der Waals surface area contributed by atoms with E-state index in [2.05, 4.69) is 29.1 Å². The van der Waals surface area contributed by atoms with Gasteiger partial charge in [-0.3, -0.25) is 4.99 Å². The molecule has 16 heavy (non-hydrogen) atoms. The third kappa shape index (κ3) is 6.65. The molecule has 0 saturated heterocycles. The lowest BCUT2D eigenvalue weighted by atomic mass is 10.2. The highest BCUT2D eigenvalue weighted by Gasteiger charge is 1.94. The summed E-state index contributed by atoms with van der Waals surface area (Å²) < 4.78 is 1.99. The smallest absolute Gasteiger partial charge is 0.188 e. The predicted octanol–water partition coefficient (Wildman–Crippen LogP) is 1.06. The van der Waals surface area contributed by atoms with E-state index >= 15 is 0 Å². The van der Waals surface area contributed by atoms with Gasteiger partial charge in [0.05, 0.1) is 6.33 Å². The molecule has 0 saturated carbocycles. The fourth-order valence-electron chi connectivity index (χ4n) is 1.07. The second kappa shape index (κ2) is 8.37. The number of imidazole rings is 1. The van der Waals surface area contributed by atoms with Crippen LogP contribution in [0.5, 0.6) is 0 Å². The molecule has 0 aliphatic heterocycles. The van der Waals surface area contributed by atoms with E-state index in [-0.39, 0.29) is 24.0 Å². The first-order valence-corrected chi connectivity index (χ1v) is 5.18. The summed E-state index contributed by atoms with van der Waals surface area (Å²) in [5.41, 5.74) is 5.68. The molecule has 0 amide bonds. The maximum atomic E-state index is 5.68. The minimum atomic E-state index is 0. The number of guanidine groups is 1. The number of nitrogens with zero attached hydrogens (tertiary/aromatic N) is 3. The molecule has 92 valence electrons. The van der Waals surface area contributed by atoms with Gasteiger partial charge >= 0.3 is 0 Å². The Morgan fingerprint density at radius 3 is 2.88 bits per heavy atom. The second-order valence-electron chi connectivity index (χ2n) is 3.85. The summed E-state index contributed by atoms with van der Waals surface area (Å²) >= 11 is 0. The van der Waals surface area contributed by atoms with Crippen molar-refractivity contribution in [2.24, 2.45) is 16.6 Å². The maximum absolute atomic E-state index is 5.68. The Morgan fingerprint density at radius 1 is 1.56 bits per heavy atom. The lowest BCUT2D eigenvalue weighted by molar-refractivity contribution is 0.649. The highest BCUT2D eigenvalue weighted by atomic mass is 127. The van der Waals surface area contributed by atoms with Crippen LogP contribution in [-0.4, -0.2) is 28.6 Å². The summed E-state index contributed by atoms with van der Waals surface area (Å²) in [5, 5.41) is 3.06. The Hall–Kier alpha value is -0.790. The fraction of sp³-hybridized carbons (Fsp3) is 0.600. The topological polar surface area (TPSA) is 68.2 Å². The molecule has 0 fully saturated rings. The molecule has 0 unspecified atom stereocenters. The molecule has 1 aromatic heterocycles. The van der Waals surface area contributed by atoms with Crippen LogP contribution in [0.15, 0.2) is 23.7 Å². The molecule has 0 radical (unpaired) electrons. The molecule has 0 aromatic carbocycles. The van der Waals surface area contributed by atoms with Crippen molar-refractivity contribution in [1.82, 2.24) is 14.9 Å². The zero-order valence-corrected chi connectivity index (χ0v) is 12.1. The molecule has 0 spiro atoms. The molecule has 1 rings (SSSR count). The molecule has 1 aromatic rings. The van der Waals surface area contributed by atoms with E-state index in [1.165, 1.54) is 0 Å². The van der Waals surface area contributed by atoms with Gasteiger partial charge in [0.15, 0.2) is 5.96 Å². The maximum Gasteiger partial charge on any atom is 0.188 e. The number of hydrogen-bond acceptors (Lipinski definition) is 2. The quantitative estimate of drug-likeness (QED) is 0.480. The summed E-state index contributed by atoms with van der Waals surface area (Å²) in [4.78, 5) is 8.15. The second-order valence-corrected chi connectivity index (χ2v) is 3.85. The highest BCUT2D eigenvalue weighted by Crippen LogP contribution is 1.90. The van der Waals surface area contributed by atoms with E-state index in [0.717, 1.165) is 19.6 Å². The third-order valence-electron chi connectivity index (χ3n) is 1.86. The minimum Gasteiger partial charge on any atom is -0.370 e. The number of aromatic nitrogens is 2. The first-order valence-electron chi connectivity index (χ1n) is 5.18. The molecule has 0 bridgehead atoms. The van der Waals surface area contributed by atoms with Gasteiger partial charge in [0, 0.05) is 32.0 Å². The lowest BCUT2D eigenvalue weighted by Gasteiger charge is -2.06. The number of nitrogens with one attached hydrogen (secondary N) is 1. The highest BCUT2D eigenvalue weighted by molar-refractivity contribution is 14.0. The Bertz CT molecular complexity index is 294. The number of rotatable bonds is 5. The van der Waals surface area contributed by atoms with Crippen LogP contribution >= 0.6 is 24.0 Å². The van der Waals surface area contributed by atoms with Crippen molar-refractivity contribution >= 4 is 29.9 Å². The molecule has 1 heterocycles. The van der Waals surface area contributed by atoms with Crippen molar-refractivity contribution in [2.45, 2.75) is 20.4 Å². The van der Waals surface area contributed by atoms with E-state index in [1.807, 2.05) is 10.8 Å². The third-order valence-corrected chi connectivity index (χ3v) is 1.86. The van der Waals surface area contributed by atoms with Crippen molar-refractivity contribution in [3.63, 3.8) is 0 Å². The van der Waals surface area contributed by atoms with Gasteiger partial charge in [-0.15, -0.1) is 24.0 Å². The van der Waals surface area contributed by atoms with Gasteiger partial charge in [0.25, 0.3) is 0 Å². The van der Waals surface area contributed by atoms with Gasteiger partial charge in [-0.1, -0.05) is 13.8 Å². The molecule has 0 aliphatic carbocycles. The molecular weight excluding hydrogens is 317 g/mol. The summed E-state index contributed by atoms with van der Waals surface area (Å²) in [6.07, 6.45) is 5.46. The number of halogens is 1. The van der Waals surface area contributed by atoms with E-state index < -0.39 is 0 Å². The van der Waals surface area contributed by atoms with Crippen LogP contribution in [0.2, 0.25) is 0 Å². The SMILES string of the molecule is CC(C)CN=C(N)NCCn1ccnc1.I. The van der Waals surface area contributed by atoms with Crippen LogP contribution in [0.3, 0.4) is 0 Å². The number of nitrogens with two attached hydrogens (primary N) is 1. The molecule has 3 N–H and O–H groups in total. The summed E-state index contributed by atoms with van der Waals surface area (Å²) in [6.45, 7) is 6.61. The van der Waals surface area contributed by atoms with Crippen LogP contribution in [0.4, 0.5) is 0 Å². The molecule has 6 heteroatoms. The van der Waals surface area contributed by atoms with Crippen LogP contribution in [-0.2, 0) is 6.54 Å². The van der Waals surface area contributed by atoms with Gasteiger partial charge in [0.2, 0.25) is 0 Å². The zero-order chi connectivity index (χ0) is 11.1. The average molecular weight is 337 g/mol. The average Bonchev–Trinajstić information content (AvgIpc) is 2.67. The van der Waals surface area contributed by atoms with E-state index in [9.17, 15) is 0 Å². The summed E-state index contributed by atoms with van der Waals surface area (Å²) in [6, 6.07) is 0. The van der Waals surface area contributed by atoms with Crippen LogP contribution in [0, 0.1) is 5.92 Å². The molecule has 0 atom stereocenters. The lowest BCUT2D eigenvalue weighted by Crippen LogP contribution is -2.34. The Labute approximate surface area is 114 Å². The standard InChI is InChI=1S/C10H19N5.HI/c1-9(2)7-14-10(11)13-4-6-15-5-3-12-8-15;/h3,5,8-9H,4,6-7H2,1-2H3,(H3,11,13,14);1H. The molecular formula is C10H20IN5. The van der Waals surface area contributed by atoms with E-state index in [4.69, 9.17) is 5.73 Å². The first kappa shape index (κ1) is 15.2. The van der Waals surface area contributed by atoms with Crippen molar-refractivity contribution in [1.29, 1.82) is 0 Å². The Morgan fingerprint density at radius 2 is 2.31 bits per heavy atom. The van der Waals surface area contributed by atoms with Gasteiger partial charge in [-0.25, -0.2) is 4.98 Å². The minimum absolute atomic E-state index is 0. The fourth-order valence-corrected chi connectivity index (χ4v) is 1.07. The first-order chi connectivity index (χ1) is 7.18. The monoisotopic (exact) mass is 337 g/mol. The summed E-state index contributed by atoms with van der Waals surface area (Å²) in [5.74, 6) is 1.06. The van der Waals surface area contributed by atoms with Crippen molar-refractivity contribution in [3.05, 3.63) is 18.7 Å². The summed E-state index contributed by atoms with van der Waals surface area (Å²) in [7, 11) is 0. The molecule has 0 aliphatic rings. The normalized spacial score (nSPS) is 11.3.